The second kappa shape index (κ2) is 8.51. The number of nitrogens with one attached hydrogen (secondary N) is 2. The topological polar surface area (TPSA) is 58.2 Å². The molecule has 0 aliphatic heterocycles. The standard InChI is InChI=1S/C16H28N2O2S/c1-5-10-18-21(19,20)16-8-6-14(7-9-16)12-15(17-4)11-13(2)3/h6-9,13,15,17-18H,5,10-12H2,1-4H3. The van der Waals surface area contributed by atoms with Crippen molar-refractivity contribution in [3.8, 4) is 0 Å². The van der Waals surface area contributed by atoms with Crippen LogP contribution in [0.3, 0.4) is 0 Å². The van der Waals surface area contributed by atoms with E-state index >= 15 is 0 Å². The van der Waals surface area contributed by atoms with Gasteiger partial charge in [-0.25, -0.2) is 13.1 Å². The van der Waals surface area contributed by atoms with Gasteiger partial charge in [0.15, 0.2) is 0 Å². The summed E-state index contributed by atoms with van der Waals surface area (Å²) in [6.07, 6.45) is 2.81. The maximum absolute atomic E-state index is 12.0. The summed E-state index contributed by atoms with van der Waals surface area (Å²) in [5.41, 5.74) is 1.16. The van der Waals surface area contributed by atoms with Crippen LogP contribution in [-0.4, -0.2) is 28.1 Å². The van der Waals surface area contributed by atoms with Crippen LogP contribution in [0.1, 0.15) is 39.2 Å². The molecule has 0 saturated heterocycles. The van der Waals surface area contributed by atoms with E-state index in [4.69, 9.17) is 0 Å². The second-order valence-corrected chi connectivity index (χ2v) is 7.63. The summed E-state index contributed by atoms with van der Waals surface area (Å²) in [7, 11) is -1.39. The van der Waals surface area contributed by atoms with Crippen molar-refractivity contribution in [3.05, 3.63) is 29.8 Å². The van der Waals surface area contributed by atoms with Gasteiger partial charge in [-0.15, -0.1) is 0 Å². The highest BCUT2D eigenvalue weighted by Gasteiger charge is 2.14. The van der Waals surface area contributed by atoms with E-state index in [2.05, 4.69) is 23.9 Å². The average molecular weight is 312 g/mol. The minimum Gasteiger partial charge on any atom is -0.317 e. The van der Waals surface area contributed by atoms with Crippen molar-refractivity contribution in [2.75, 3.05) is 13.6 Å². The van der Waals surface area contributed by atoms with Crippen molar-refractivity contribution in [1.82, 2.24) is 10.0 Å². The predicted octanol–water partition coefficient (Wildman–Crippen LogP) is 2.55. The molecule has 0 aliphatic carbocycles. The van der Waals surface area contributed by atoms with Gasteiger partial charge in [-0.3, -0.25) is 0 Å². The Bertz CT molecular complexity index is 510. The number of rotatable bonds is 9. The molecule has 1 aromatic carbocycles. The van der Waals surface area contributed by atoms with Gasteiger partial charge in [0.2, 0.25) is 10.0 Å². The molecule has 0 spiro atoms. The van der Waals surface area contributed by atoms with Crippen molar-refractivity contribution in [3.63, 3.8) is 0 Å². The zero-order chi connectivity index (χ0) is 15.9. The number of hydrogen-bond acceptors (Lipinski definition) is 3. The summed E-state index contributed by atoms with van der Waals surface area (Å²) in [5, 5.41) is 3.32. The fraction of sp³-hybridized carbons (Fsp3) is 0.625. The van der Waals surface area contributed by atoms with Gasteiger partial charge in [0.25, 0.3) is 0 Å². The van der Waals surface area contributed by atoms with Crippen LogP contribution in [0.2, 0.25) is 0 Å². The Labute approximate surface area is 129 Å². The lowest BCUT2D eigenvalue weighted by atomic mass is 9.97. The number of benzene rings is 1. The summed E-state index contributed by atoms with van der Waals surface area (Å²) in [5.74, 6) is 0.639. The van der Waals surface area contributed by atoms with Crippen LogP contribution in [0.25, 0.3) is 0 Å². The maximum atomic E-state index is 12.0. The molecule has 0 radical (unpaired) electrons. The first-order valence-electron chi connectivity index (χ1n) is 7.65. The van der Waals surface area contributed by atoms with Gasteiger partial charge in [0.1, 0.15) is 0 Å². The van der Waals surface area contributed by atoms with Crippen molar-refractivity contribution >= 4 is 10.0 Å². The van der Waals surface area contributed by atoms with Crippen LogP contribution in [0.4, 0.5) is 0 Å². The third kappa shape index (κ3) is 6.16. The largest absolute Gasteiger partial charge is 0.317 e. The van der Waals surface area contributed by atoms with Crippen LogP contribution in [0, 0.1) is 5.92 Å². The minimum absolute atomic E-state index is 0.338. The fourth-order valence-corrected chi connectivity index (χ4v) is 3.42. The Morgan fingerprint density at radius 1 is 1.14 bits per heavy atom. The molecule has 21 heavy (non-hydrogen) atoms. The van der Waals surface area contributed by atoms with Crippen molar-refractivity contribution in [1.29, 1.82) is 0 Å². The normalized spacial score (nSPS) is 13.6. The molecule has 1 aromatic rings. The first kappa shape index (κ1) is 18.1. The zero-order valence-electron chi connectivity index (χ0n) is 13.5. The minimum atomic E-state index is -3.36. The number of sulfonamides is 1. The van der Waals surface area contributed by atoms with E-state index in [0.29, 0.717) is 23.4 Å². The molecule has 1 unspecified atom stereocenters. The lowest BCUT2D eigenvalue weighted by molar-refractivity contribution is 0.441. The third-order valence-corrected chi connectivity index (χ3v) is 4.90. The molecule has 5 heteroatoms. The van der Waals surface area contributed by atoms with Gasteiger partial charge >= 0.3 is 0 Å². The van der Waals surface area contributed by atoms with Crippen molar-refractivity contribution in [2.45, 2.75) is 51.0 Å². The fourth-order valence-electron chi connectivity index (χ4n) is 2.28. The SMILES string of the molecule is CCCNS(=O)(=O)c1ccc(CC(CC(C)C)NC)cc1. The van der Waals surface area contributed by atoms with Crippen LogP contribution in [0.5, 0.6) is 0 Å². The predicted molar refractivity (Wildman–Crippen MR) is 87.9 cm³/mol. The zero-order valence-corrected chi connectivity index (χ0v) is 14.3. The van der Waals surface area contributed by atoms with Crippen molar-refractivity contribution < 1.29 is 8.42 Å². The van der Waals surface area contributed by atoms with E-state index in [0.717, 1.165) is 24.8 Å². The maximum Gasteiger partial charge on any atom is 0.240 e. The molecule has 0 fully saturated rings. The quantitative estimate of drug-likeness (QED) is 0.737. The Morgan fingerprint density at radius 2 is 1.76 bits per heavy atom. The number of hydrogen-bond donors (Lipinski definition) is 2. The molecule has 0 saturated carbocycles. The molecule has 0 bridgehead atoms. The van der Waals surface area contributed by atoms with E-state index < -0.39 is 10.0 Å². The molecule has 120 valence electrons. The van der Waals surface area contributed by atoms with Crippen LogP contribution in [-0.2, 0) is 16.4 Å². The summed E-state index contributed by atoms with van der Waals surface area (Å²) in [6.45, 7) is 6.83. The van der Waals surface area contributed by atoms with Gasteiger partial charge in [-0.1, -0.05) is 32.9 Å². The summed E-state index contributed by atoms with van der Waals surface area (Å²) in [6, 6.07) is 7.62. The van der Waals surface area contributed by atoms with Crippen molar-refractivity contribution in [2.24, 2.45) is 5.92 Å². The van der Waals surface area contributed by atoms with E-state index in [-0.39, 0.29) is 0 Å². The molecule has 4 nitrogen and oxygen atoms in total. The molecule has 0 aromatic heterocycles. The van der Waals surface area contributed by atoms with Gasteiger partial charge in [-0.2, -0.15) is 0 Å². The van der Waals surface area contributed by atoms with E-state index in [9.17, 15) is 8.42 Å². The van der Waals surface area contributed by atoms with E-state index in [1.165, 1.54) is 0 Å². The highest BCUT2D eigenvalue weighted by atomic mass is 32.2. The molecule has 1 rings (SSSR count). The van der Waals surface area contributed by atoms with Gasteiger partial charge < -0.3 is 5.32 Å². The number of likely N-dealkylation sites (N-methyl/N-ethyl adjacent to an activating group) is 1. The van der Waals surface area contributed by atoms with Crippen LogP contribution >= 0.6 is 0 Å². The first-order chi connectivity index (χ1) is 9.89. The molecule has 0 heterocycles. The first-order valence-corrected chi connectivity index (χ1v) is 9.13. The van der Waals surface area contributed by atoms with Gasteiger partial charge in [0.05, 0.1) is 4.90 Å². The van der Waals surface area contributed by atoms with Gasteiger partial charge in [-0.05, 0) is 49.9 Å². The molecule has 0 aliphatic rings. The molecular formula is C16H28N2O2S. The Kier molecular flexibility index (Phi) is 7.35. The molecule has 0 amide bonds. The monoisotopic (exact) mass is 312 g/mol. The lowest BCUT2D eigenvalue weighted by Gasteiger charge is -2.18. The van der Waals surface area contributed by atoms with Crippen LogP contribution < -0.4 is 10.0 Å². The Hall–Kier alpha value is -0.910. The van der Waals surface area contributed by atoms with Crippen LogP contribution in [0.15, 0.2) is 29.2 Å². The third-order valence-electron chi connectivity index (χ3n) is 3.42. The Morgan fingerprint density at radius 3 is 2.24 bits per heavy atom. The van der Waals surface area contributed by atoms with Gasteiger partial charge in [0, 0.05) is 12.6 Å². The molecular weight excluding hydrogens is 284 g/mol. The second-order valence-electron chi connectivity index (χ2n) is 5.86. The highest BCUT2D eigenvalue weighted by molar-refractivity contribution is 7.89. The molecule has 2 N–H and O–H groups in total. The Balaban J connectivity index is 2.73. The summed E-state index contributed by atoms with van der Waals surface area (Å²) >= 11 is 0. The summed E-state index contributed by atoms with van der Waals surface area (Å²) in [4.78, 5) is 0.338. The lowest BCUT2D eigenvalue weighted by Crippen LogP contribution is -2.29. The molecule has 1 atom stereocenters. The summed E-state index contributed by atoms with van der Waals surface area (Å²) < 4.78 is 26.6. The van der Waals surface area contributed by atoms with E-state index in [1.54, 1.807) is 12.1 Å². The average Bonchev–Trinajstić information content (AvgIpc) is 2.44. The highest BCUT2D eigenvalue weighted by Crippen LogP contribution is 2.14. The van der Waals surface area contributed by atoms with E-state index in [1.807, 2.05) is 26.1 Å². The smallest absolute Gasteiger partial charge is 0.240 e.